The van der Waals surface area contributed by atoms with E-state index < -0.39 is 5.95 Å². The number of halogens is 1. The average molecular weight is 218 g/mol. The lowest BCUT2D eigenvalue weighted by atomic mass is 10.4. The molecule has 0 saturated carbocycles. The summed E-state index contributed by atoms with van der Waals surface area (Å²) in [6.45, 7) is 0.546. The van der Waals surface area contributed by atoms with E-state index in [1.165, 1.54) is 6.07 Å². The van der Waals surface area contributed by atoms with E-state index in [2.05, 4.69) is 15.0 Å². The van der Waals surface area contributed by atoms with E-state index in [0.717, 1.165) is 5.69 Å². The lowest BCUT2D eigenvalue weighted by Gasteiger charge is -2.16. The fourth-order valence-electron chi connectivity index (χ4n) is 1.35. The van der Waals surface area contributed by atoms with E-state index in [0.29, 0.717) is 12.4 Å². The van der Waals surface area contributed by atoms with Crippen LogP contribution in [0.25, 0.3) is 0 Å². The van der Waals surface area contributed by atoms with Crippen molar-refractivity contribution in [1.82, 2.24) is 15.0 Å². The van der Waals surface area contributed by atoms with Gasteiger partial charge in [0.2, 0.25) is 5.95 Å². The van der Waals surface area contributed by atoms with Crippen LogP contribution < -0.4 is 4.90 Å². The molecule has 0 spiro atoms. The second kappa shape index (κ2) is 4.65. The third-order valence-corrected chi connectivity index (χ3v) is 2.11. The van der Waals surface area contributed by atoms with Crippen molar-refractivity contribution in [3.63, 3.8) is 0 Å². The molecule has 0 N–H and O–H groups in total. The summed E-state index contributed by atoms with van der Waals surface area (Å²) >= 11 is 0. The number of hydrogen-bond acceptors (Lipinski definition) is 4. The molecule has 0 unspecified atom stereocenters. The van der Waals surface area contributed by atoms with Crippen LogP contribution in [0.15, 0.2) is 36.8 Å². The van der Waals surface area contributed by atoms with Crippen LogP contribution in [0.5, 0.6) is 0 Å². The van der Waals surface area contributed by atoms with E-state index in [-0.39, 0.29) is 0 Å². The normalized spacial score (nSPS) is 10.1. The zero-order valence-corrected chi connectivity index (χ0v) is 8.84. The Morgan fingerprint density at radius 3 is 2.88 bits per heavy atom. The van der Waals surface area contributed by atoms with Crippen LogP contribution >= 0.6 is 0 Å². The van der Waals surface area contributed by atoms with Gasteiger partial charge in [-0.15, -0.1) is 0 Å². The molecule has 0 amide bonds. The molecule has 2 aromatic heterocycles. The summed E-state index contributed by atoms with van der Waals surface area (Å²) in [6, 6.07) is 4.70. The zero-order valence-electron chi connectivity index (χ0n) is 8.84. The first kappa shape index (κ1) is 10.5. The van der Waals surface area contributed by atoms with E-state index >= 15 is 0 Å². The SMILES string of the molecule is CN(Cc1cnccn1)c1cccc(F)n1. The van der Waals surface area contributed by atoms with Gasteiger partial charge in [-0.25, -0.2) is 4.98 Å². The standard InChI is InChI=1S/C11H11FN4/c1-16(8-9-7-13-5-6-14-9)11-4-2-3-10(12)15-11/h2-7H,8H2,1H3. The minimum atomic E-state index is -0.483. The van der Waals surface area contributed by atoms with Crippen LogP contribution in [-0.2, 0) is 6.54 Å². The third kappa shape index (κ3) is 2.50. The van der Waals surface area contributed by atoms with Gasteiger partial charge in [0, 0.05) is 19.4 Å². The van der Waals surface area contributed by atoms with Gasteiger partial charge in [0.15, 0.2) is 0 Å². The maximum atomic E-state index is 12.9. The molecule has 0 aliphatic rings. The Morgan fingerprint density at radius 2 is 2.19 bits per heavy atom. The van der Waals surface area contributed by atoms with Crippen molar-refractivity contribution in [3.8, 4) is 0 Å². The quantitative estimate of drug-likeness (QED) is 0.734. The largest absolute Gasteiger partial charge is 0.354 e. The number of aromatic nitrogens is 3. The number of nitrogens with zero attached hydrogens (tertiary/aromatic N) is 4. The molecule has 2 aromatic rings. The molecule has 5 heteroatoms. The molecular weight excluding hydrogens is 207 g/mol. The lowest BCUT2D eigenvalue weighted by molar-refractivity contribution is 0.582. The summed E-state index contributed by atoms with van der Waals surface area (Å²) in [5, 5.41) is 0. The summed E-state index contributed by atoms with van der Waals surface area (Å²) in [4.78, 5) is 13.7. The van der Waals surface area contributed by atoms with Crippen molar-refractivity contribution in [2.24, 2.45) is 0 Å². The number of anilines is 1. The fraction of sp³-hybridized carbons (Fsp3) is 0.182. The van der Waals surface area contributed by atoms with Crippen LogP contribution in [0.4, 0.5) is 10.2 Å². The van der Waals surface area contributed by atoms with Gasteiger partial charge in [0.05, 0.1) is 18.4 Å². The molecule has 16 heavy (non-hydrogen) atoms. The van der Waals surface area contributed by atoms with E-state index in [1.54, 1.807) is 30.7 Å². The number of hydrogen-bond donors (Lipinski definition) is 0. The summed E-state index contributed by atoms with van der Waals surface area (Å²) in [5.74, 6) is 0.0918. The van der Waals surface area contributed by atoms with Crippen LogP contribution in [0.2, 0.25) is 0 Å². The second-order valence-electron chi connectivity index (χ2n) is 3.37. The van der Waals surface area contributed by atoms with Crippen LogP contribution in [-0.4, -0.2) is 22.0 Å². The van der Waals surface area contributed by atoms with Gasteiger partial charge in [0.25, 0.3) is 0 Å². The van der Waals surface area contributed by atoms with Crippen molar-refractivity contribution in [2.45, 2.75) is 6.54 Å². The van der Waals surface area contributed by atoms with Gasteiger partial charge < -0.3 is 4.90 Å². The van der Waals surface area contributed by atoms with Gasteiger partial charge in [0.1, 0.15) is 5.82 Å². The predicted octanol–water partition coefficient (Wildman–Crippen LogP) is 1.65. The van der Waals surface area contributed by atoms with E-state index in [9.17, 15) is 4.39 Å². The Hall–Kier alpha value is -2.04. The zero-order chi connectivity index (χ0) is 11.4. The molecule has 0 aliphatic heterocycles. The van der Waals surface area contributed by atoms with Crippen molar-refractivity contribution in [3.05, 3.63) is 48.4 Å². The van der Waals surface area contributed by atoms with Crippen molar-refractivity contribution >= 4 is 5.82 Å². The number of pyridine rings is 1. The lowest BCUT2D eigenvalue weighted by Crippen LogP contribution is -2.18. The monoisotopic (exact) mass is 218 g/mol. The van der Waals surface area contributed by atoms with Gasteiger partial charge in [-0.05, 0) is 12.1 Å². The molecule has 0 aliphatic carbocycles. The molecule has 2 rings (SSSR count). The Balaban J connectivity index is 2.12. The van der Waals surface area contributed by atoms with Crippen LogP contribution in [0.1, 0.15) is 5.69 Å². The molecule has 0 atom stereocenters. The Labute approximate surface area is 92.8 Å². The Kier molecular flexibility index (Phi) is 3.05. The minimum absolute atomic E-state index is 0.483. The fourth-order valence-corrected chi connectivity index (χ4v) is 1.35. The van der Waals surface area contributed by atoms with Crippen LogP contribution in [0, 0.1) is 5.95 Å². The summed E-state index contributed by atoms with van der Waals surface area (Å²) in [6.07, 6.45) is 4.92. The molecule has 4 nitrogen and oxygen atoms in total. The highest BCUT2D eigenvalue weighted by Crippen LogP contribution is 2.11. The smallest absolute Gasteiger partial charge is 0.214 e. The van der Waals surface area contributed by atoms with Crippen molar-refractivity contribution in [1.29, 1.82) is 0 Å². The second-order valence-corrected chi connectivity index (χ2v) is 3.37. The van der Waals surface area contributed by atoms with Crippen molar-refractivity contribution < 1.29 is 4.39 Å². The molecule has 0 bridgehead atoms. The van der Waals surface area contributed by atoms with Gasteiger partial charge in [-0.1, -0.05) is 6.07 Å². The Morgan fingerprint density at radius 1 is 1.31 bits per heavy atom. The molecule has 0 fully saturated rings. The minimum Gasteiger partial charge on any atom is -0.354 e. The third-order valence-electron chi connectivity index (χ3n) is 2.11. The number of rotatable bonds is 3. The average Bonchev–Trinajstić information content (AvgIpc) is 2.30. The first-order chi connectivity index (χ1) is 7.75. The van der Waals surface area contributed by atoms with Crippen molar-refractivity contribution in [2.75, 3.05) is 11.9 Å². The summed E-state index contributed by atoms with van der Waals surface area (Å²) in [7, 11) is 1.83. The molecule has 0 saturated heterocycles. The highest BCUT2D eigenvalue weighted by atomic mass is 19.1. The molecule has 0 aromatic carbocycles. The highest BCUT2D eigenvalue weighted by Gasteiger charge is 2.04. The molecular formula is C11H11FN4. The summed E-state index contributed by atoms with van der Waals surface area (Å²) < 4.78 is 12.9. The topological polar surface area (TPSA) is 41.9 Å². The first-order valence-electron chi connectivity index (χ1n) is 4.84. The maximum Gasteiger partial charge on any atom is 0.214 e. The maximum absolute atomic E-state index is 12.9. The van der Waals surface area contributed by atoms with E-state index in [1.807, 2.05) is 11.9 Å². The Bertz CT molecular complexity index is 461. The highest BCUT2D eigenvalue weighted by molar-refractivity contribution is 5.37. The van der Waals surface area contributed by atoms with Crippen LogP contribution in [0.3, 0.4) is 0 Å². The van der Waals surface area contributed by atoms with Gasteiger partial charge >= 0.3 is 0 Å². The van der Waals surface area contributed by atoms with Gasteiger partial charge in [-0.3, -0.25) is 9.97 Å². The van der Waals surface area contributed by atoms with E-state index in [4.69, 9.17) is 0 Å². The first-order valence-corrected chi connectivity index (χ1v) is 4.84. The van der Waals surface area contributed by atoms with Gasteiger partial charge in [-0.2, -0.15) is 4.39 Å². The molecule has 82 valence electrons. The molecule has 2 heterocycles. The summed E-state index contributed by atoms with van der Waals surface area (Å²) in [5.41, 5.74) is 0.816. The predicted molar refractivity (Wildman–Crippen MR) is 58.3 cm³/mol. The molecule has 0 radical (unpaired) electrons.